The highest BCUT2D eigenvalue weighted by Gasteiger charge is 2.02. The summed E-state index contributed by atoms with van der Waals surface area (Å²) in [5.74, 6) is 2.29. The lowest BCUT2D eigenvalue weighted by Crippen LogP contribution is -1.87. The number of hydrogen-bond acceptors (Lipinski definition) is 3. The summed E-state index contributed by atoms with van der Waals surface area (Å²) >= 11 is 4.31. The summed E-state index contributed by atoms with van der Waals surface area (Å²) in [6.45, 7) is 2.08. The molecular weight excluding hydrogens is 304 g/mol. The summed E-state index contributed by atoms with van der Waals surface area (Å²) in [5, 5.41) is 0. The van der Waals surface area contributed by atoms with Gasteiger partial charge >= 0.3 is 0 Å². The minimum atomic E-state index is 0.740. The molecule has 3 heteroatoms. The number of benzene rings is 3. The Bertz CT molecular complexity index is 712. The molecule has 0 aliphatic rings. The Balaban J connectivity index is 0.000000229. The van der Waals surface area contributed by atoms with Crippen LogP contribution >= 0.6 is 12.6 Å². The van der Waals surface area contributed by atoms with Crippen LogP contribution in [0.1, 0.15) is 5.56 Å². The minimum Gasteiger partial charge on any atom is -0.496 e. The molecule has 0 unspecified atom stereocenters. The summed E-state index contributed by atoms with van der Waals surface area (Å²) in [6, 6.07) is 25.4. The van der Waals surface area contributed by atoms with Crippen LogP contribution in [-0.4, -0.2) is 7.11 Å². The van der Waals surface area contributed by atoms with Crippen molar-refractivity contribution in [3.8, 4) is 17.2 Å². The zero-order valence-electron chi connectivity index (χ0n) is 13.3. The molecular formula is C20H20O2S. The van der Waals surface area contributed by atoms with Gasteiger partial charge in [-0.15, -0.1) is 12.6 Å². The van der Waals surface area contributed by atoms with Gasteiger partial charge in [-0.05, 0) is 37.3 Å². The Morgan fingerprint density at radius 1 is 0.739 bits per heavy atom. The monoisotopic (exact) mass is 324 g/mol. The van der Waals surface area contributed by atoms with Crippen LogP contribution in [0.4, 0.5) is 0 Å². The molecule has 0 heterocycles. The van der Waals surface area contributed by atoms with Crippen LogP contribution in [0.15, 0.2) is 83.8 Å². The number of ether oxygens (including phenoxy) is 2. The summed E-state index contributed by atoms with van der Waals surface area (Å²) in [7, 11) is 1.62. The maximum Gasteiger partial charge on any atom is 0.132 e. The van der Waals surface area contributed by atoms with Gasteiger partial charge in [0.2, 0.25) is 0 Å². The van der Waals surface area contributed by atoms with E-state index in [0.29, 0.717) is 0 Å². The van der Waals surface area contributed by atoms with Gasteiger partial charge in [-0.3, -0.25) is 0 Å². The zero-order valence-corrected chi connectivity index (χ0v) is 14.2. The van der Waals surface area contributed by atoms with Crippen molar-refractivity contribution in [3.63, 3.8) is 0 Å². The van der Waals surface area contributed by atoms with Gasteiger partial charge in [-0.2, -0.15) is 0 Å². The second-order valence-corrected chi connectivity index (χ2v) is 5.39. The van der Waals surface area contributed by atoms with Crippen molar-refractivity contribution in [3.05, 3.63) is 84.4 Å². The normalized spacial score (nSPS) is 9.52. The third kappa shape index (κ3) is 5.72. The molecule has 23 heavy (non-hydrogen) atoms. The number of aryl methyl sites for hydroxylation is 1. The van der Waals surface area contributed by atoms with E-state index in [9.17, 15) is 0 Å². The molecule has 0 atom stereocenters. The third-order valence-electron chi connectivity index (χ3n) is 3.07. The van der Waals surface area contributed by atoms with E-state index in [1.165, 1.54) is 5.56 Å². The summed E-state index contributed by atoms with van der Waals surface area (Å²) in [5.41, 5.74) is 1.32. The molecule has 0 spiro atoms. The quantitative estimate of drug-likeness (QED) is 0.616. The molecule has 3 aromatic carbocycles. The Morgan fingerprint density at radius 2 is 1.35 bits per heavy atom. The molecule has 3 rings (SSSR count). The first-order valence-electron chi connectivity index (χ1n) is 7.30. The summed E-state index contributed by atoms with van der Waals surface area (Å²) < 4.78 is 10.8. The van der Waals surface area contributed by atoms with Crippen molar-refractivity contribution in [1.29, 1.82) is 0 Å². The Hall–Kier alpha value is -2.39. The standard InChI is InChI=1S/C13H12O2S.C7H8/c1-14-12-8-7-11(9-13(12)16)15-10-5-3-2-4-6-10;1-7-5-3-2-4-6-7/h2-9,16H,1H3;2-6H,1H3. The average molecular weight is 324 g/mol. The molecule has 0 aliphatic carbocycles. The van der Waals surface area contributed by atoms with Gasteiger partial charge in [-0.1, -0.05) is 54.1 Å². The van der Waals surface area contributed by atoms with Gasteiger partial charge in [-0.25, -0.2) is 0 Å². The van der Waals surface area contributed by atoms with Crippen LogP contribution in [0.5, 0.6) is 17.2 Å². The van der Waals surface area contributed by atoms with Crippen molar-refractivity contribution >= 4 is 12.6 Å². The van der Waals surface area contributed by atoms with Gasteiger partial charge in [0, 0.05) is 4.90 Å². The molecule has 2 nitrogen and oxygen atoms in total. The van der Waals surface area contributed by atoms with Gasteiger partial charge in [0.1, 0.15) is 17.2 Å². The molecule has 0 amide bonds. The number of thiol groups is 1. The summed E-state index contributed by atoms with van der Waals surface area (Å²) in [6.07, 6.45) is 0. The molecule has 0 aliphatic heterocycles. The first-order chi connectivity index (χ1) is 11.2. The van der Waals surface area contributed by atoms with Crippen molar-refractivity contribution in [2.24, 2.45) is 0 Å². The maximum absolute atomic E-state index is 5.65. The molecule has 0 radical (unpaired) electrons. The van der Waals surface area contributed by atoms with E-state index in [0.717, 1.165) is 22.1 Å². The second kappa shape index (κ2) is 8.91. The highest BCUT2D eigenvalue weighted by Crippen LogP contribution is 2.29. The van der Waals surface area contributed by atoms with Crippen LogP contribution in [0, 0.1) is 6.92 Å². The zero-order chi connectivity index (χ0) is 16.5. The van der Waals surface area contributed by atoms with Crippen LogP contribution in [0.2, 0.25) is 0 Å². The lowest BCUT2D eigenvalue weighted by Gasteiger charge is -2.08. The highest BCUT2D eigenvalue weighted by atomic mass is 32.1. The molecule has 0 bridgehead atoms. The van der Waals surface area contributed by atoms with E-state index < -0.39 is 0 Å². The van der Waals surface area contributed by atoms with E-state index in [1.807, 2.05) is 66.7 Å². The van der Waals surface area contributed by atoms with E-state index >= 15 is 0 Å². The number of methoxy groups -OCH3 is 1. The first kappa shape index (κ1) is 17.0. The molecule has 0 fully saturated rings. The topological polar surface area (TPSA) is 18.5 Å². The molecule has 0 N–H and O–H groups in total. The lowest BCUT2D eigenvalue weighted by molar-refractivity contribution is 0.402. The smallest absolute Gasteiger partial charge is 0.132 e. The van der Waals surface area contributed by atoms with E-state index in [2.05, 4.69) is 31.7 Å². The fourth-order valence-corrected chi connectivity index (χ4v) is 2.19. The highest BCUT2D eigenvalue weighted by molar-refractivity contribution is 7.80. The SMILES string of the molecule is COc1ccc(Oc2ccccc2)cc1S.Cc1ccccc1. The van der Waals surface area contributed by atoms with Gasteiger partial charge < -0.3 is 9.47 Å². The number of para-hydroxylation sites is 1. The molecule has 0 saturated carbocycles. The Morgan fingerprint density at radius 3 is 1.83 bits per heavy atom. The fourth-order valence-electron chi connectivity index (χ4n) is 1.89. The molecule has 118 valence electrons. The Labute approximate surface area is 143 Å². The average Bonchev–Trinajstić information content (AvgIpc) is 2.57. The largest absolute Gasteiger partial charge is 0.496 e. The van der Waals surface area contributed by atoms with Crippen molar-refractivity contribution in [1.82, 2.24) is 0 Å². The van der Waals surface area contributed by atoms with Crippen LogP contribution in [-0.2, 0) is 0 Å². The predicted molar refractivity (Wildman–Crippen MR) is 97.9 cm³/mol. The molecule has 0 saturated heterocycles. The molecule has 0 aromatic heterocycles. The van der Waals surface area contributed by atoms with Gasteiger partial charge in [0.15, 0.2) is 0 Å². The lowest BCUT2D eigenvalue weighted by atomic mass is 10.2. The number of rotatable bonds is 3. The van der Waals surface area contributed by atoms with Crippen molar-refractivity contribution in [2.45, 2.75) is 11.8 Å². The van der Waals surface area contributed by atoms with Crippen LogP contribution in [0.25, 0.3) is 0 Å². The number of hydrogen-bond donors (Lipinski definition) is 1. The van der Waals surface area contributed by atoms with E-state index in [-0.39, 0.29) is 0 Å². The fraction of sp³-hybridized carbons (Fsp3) is 0.100. The van der Waals surface area contributed by atoms with E-state index in [4.69, 9.17) is 9.47 Å². The van der Waals surface area contributed by atoms with Gasteiger partial charge in [0.05, 0.1) is 7.11 Å². The minimum absolute atomic E-state index is 0.740. The first-order valence-corrected chi connectivity index (χ1v) is 7.75. The van der Waals surface area contributed by atoms with Crippen LogP contribution in [0.3, 0.4) is 0 Å². The third-order valence-corrected chi connectivity index (χ3v) is 3.42. The van der Waals surface area contributed by atoms with E-state index in [1.54, 1.807) is 7.11 Å². The van der Waals surface area contributed by atoms with Crippen molar-refractivity contribution in [2.75, 3.05) is 7.11 Å². The molecule has 3 aromatic rings. The second-order valence-electron chi connectivity index (χ2n) is 4.90. The van der Waals surface area contributed by atoms with Crippen molar-refractivity contribution < 1.29 is 9.47 Å². The Kier molecular flexibility index (Phi) is 6.57. The van der Waals surface area contributed by atoms with Crippen LogP contribution < -0.4 is 9.47 Å². The maximum atomic E-state index is 5.65. The predicted octanol–water partition coefficient (Wildman–Crippen LogP) is 5.77. The van der Waals surface area contributed by atoms with Gasteiger partial charge in [0.25, 0.3) is 0 Å². The summed E-state index contributed by atoms with van der Waals surface area (Å²) in [4.78, 5) is 0.760.